The molecule has 0 spiro atoms. The van der Waals surface area contributed by atoms with Gasteiger partial charge in [-0.2, -0.15) is 0 Å². The van der Waals surface area contributed by atoms with Crippen LogP contribution in [-0.4, -0.2) is 16.9 Å². The number of hydrogen-bond donors (Lipinski definition) is 1. The predicted octanol–water partition coefficient (Wildman–Crippen LogP) is 3.01. The third-order valence-corrected chi connectivity index (χ3v) is 3.47. The molecular weight excluding hydrogens is 335 g/mol. The van der Waals surface area contributed by atoms with Crippen LogP contribution in [0.15, 0.2) is 21.1 Å². The van der Waals surface area contributed by atoms with Crippen LogP contribution in [0.3, 0.4) is 0 Å². The summed E-state index contributed by atoms with van der Waals surface area (Å²) in [4.78, 5) is 21.6. The zero-order valence-corrected chi connectivity index (χ0v) is 10.4. The Bertz CT molecular complexity index is 432. The molecule has 0 fully saturated rings. The maximum absolute atomic E-state index is 13.3. The Morgan fingerprint density at radius 1 is 1.27 bits per heavy atom. The fourth-order valence-corrected chi connectivity index (χ4v) is 1.63. The van der Waals surface area contributed by atoms with Crippen LogP contribution >= 0.6 is 31.9 Å². The monoisotopic (exact) mass is 338 g/mol. The van der Waals surface area contributed by atoms with E-state index >= 15 is 0 Å². The number of benzene rings is 1. The summed E-state index contributed by atoms with van der Waals surface area (Å²) in [6, 6.07) is 2.36. The Labute approximate surface area is 102 Å². The first-order chi connectivity index (χ1) is 6.91. The van der Waals surface area contributed by atoms with Gasteiger partial charge >= 0.3 is 5.97 Å². The zero-order valence-electron chi connectivity index (χ0n) is 7.26. The summed E-state index contributed by atoms with van der Waals surface area (Å²) in [5, 5.41) is 8.40. The molecule has 1 aromatic rings. The summed E-state index contributed by atoms with van der Waals surface area (Å²) in [6.07, 6.45) is -0.717. The number of carbonyl (C=O) groups is 2. The summed E-state index contributed by atoms with van der Waals surface area (Å²) < 4.78 is 14.2. The first-order valence-electron chi connectivity index (χ1n) is 3.81. The van der Waals surface area contributed by atoms with Crippen molar-refractivity contribution < 1.29 is 19.1 Å². The molecule has 0 amide bonds. The second kappa shape index (κ2) is 4.85. The van der Waals surface area contributed by atoms with E-state index in [0.29, 0.717) is 8.95 Å². The van der Waals surface area contributed by atoms with E-state index in [9.17, 15) is 14.0 Å². The van der Waals surface area contributed by atoms with E-state index in [2.05, 4.69) is 31.9 Å². The molecule has 1 N–H and O–H groups in total. The lowest BCUT2D eigenvalue weighted by atomic mass is 10.1. The molecule has 0 heterocycles. The summed E-state index contributed by atoms with van der Waals surface area (Å²) in [7, 11) is 0. The molecule has 3 nitrogen and oxygen atoms in total. The fraction of sp³-hybridized carbons (Fsp3) is 0.111. The topological polar surface area (TPSA) is 54.4 Å². The number of carbonyl (C=O) groups excluding carboxylic acids is 1. The molecule has 1 rings (SSSR count). The Morgan fingerprint density at radius 2 is 1.80 bits per heavy atom. The van der Waals surface area contributed by atoms with Gasteiger partial charge in [0.2, 0.25) is 0 Å². The smallest absolute Gasteiger partial charge is 0.311 e. The van der Waals surface area contributed by atoms with Crippen LogP contribution in [0, 0.1) is 5.82 Å². The molecular formula is C9H5Br2FO3. The van der Waals surface area contributed by atoms with Gasteiger partial charge in [0.05, 0.1) is 5.56 Å². The maximum Gasteiger partial charge on any atom is 0.311 e. The molecule has 0 aliphatic heterocycles. The van der Waals surface area contributed by atoms with Gasteiger partial charge in [0.25, 0.3) is 0 Å². The average molecular weight is 340 g/mol. The van der Waals surface area contributed by atoms with Crippen molar-refractivity contribution in [3.63, 3.8) is 0 Å². The highest BCUT2D eigenvalue weighted by Gasteiger charge is 2.16. The van der Waals surface area contributed by atoms with E-state index in [1.165, 1.54) is 6.07 Å². The van der Waals surface area contributed by atoms with E-state index in [-0.39, 0.29) is 5.56 Å². The van der Waals surface area contributed by atoms with Crippen LogP contribution in [0.25, 0.3) is 0 Å². The molecule has 0 saturated carbocycles. The minimum absolute atomic E-state index is 0.229. The molecule has 0 aromatic heterocycles. The summed E-state index contributed by atoms with van der Waals surface area (Å²) >= 11 is 6.17. The molecule has 0 aliphatic rings. The third-order valence-electron chi connectivity index (χ3n) is 1.62. The van der Waals surface area contributed by atoms with Crippen molar-refractivity contribution in [3.05, 3.63) is 32.5 Å². The van der Waals surface area contributed by atoms with E-state index in [1.54, 1.807) is 0 Å². The van der Waals surface area contributed by atoms with Gasteiger partial charge in [0, 0.05) is 8.95 Å². The van der Waals surface area contributed by atoms with Gasteiger partial charge < -0.3 is 5.11 Å². The standard InChI is InChI=1S/C9H5Br2FO3/c10-5-1-4(7(12)2-6(5)11)8(13)3-9(14)15/h1-2H,3H2,(H,14,15). The molecule has 0 atom stereocenters. The van der Waals surface area contributed by atoms with Crippen molar-refractivity contribution in [2.24, 2.45) is 0 Å². The largest absolute Gasteiger partial charge is 0.481 e. The molecule has 1 aromatic carbocycles. The number of aliphatic carboxylic acids is 1. The van der Waals surface area contributed by atoms with Crippen molar-refractivity contribution in [1.82, 2.24) is 0 Å². The van der Waals surface area contributed by atoms with Crippen LogP contribution in [0.5, 0.6) is 0 Å². The van der Waals surface area contributed by atoms with E-state index in [1.807, 2.05) is 0 Å². The Balaban J connectivity index is 3.09. The van der Waals surface area contributed by atoms with E-state index in [4.69, 9.17) is 5.11 Å². The maximum atomic E-state index is 13.3. The van der Waals surface area contributed by atoms with Gasteiger partial charge in [-0.05, 0) is 44.0 Å². The lowest BCUT2D eigenvalue weighted by molar-refractivity contribution is -0.135. The number of rotatable bonds is 3. The van der Waals surface area contributed by atoms with Gasteiger partial charge in [-0.1, -0.05) is 0 Å². The van der Waals surface area contributed by atoms with Crippen LogP contribution in [0.2, 0.25) is 0 Å². The molecule has 80 valence electrons. The van der Waals surface area contributed by atoms with Gasteiger partial charge in [-0.3, -0.25) is 9.59 Å². The molecule has 0 aliphatic carbocycles. The SMILES string of the molecule is O=C(O)CC(=O)c1cc(Br)c(Br)cc1F. The normalized spacial score (nSPS) is 10.1. The number of ketones is 1. The number of carboxylic acids is 1. The van der Waals surface area contributed by atoms with Crippen LogP contribution in [0.4, 0.5) is 4.39 Å². The van der Waals surface area contributed by atoms with Crippen molar-refractivity contribution >= 4 is 43.6 Å². The minimum atomic E-state index is -1.28. The summed E-state index contributed by atoms with van der Waals surface area (Å²) in [5.41, 5.74) is -0.229. The quantitative estimate of drug-likeness (QED) is 0.523. The molecule has 0 saturated heterocycles. The van der Waals surface area contributed by atoms with Gasteiger partial charge in [-0.25, -0.2) is 4.39 Å². The highest BCUT2D eigenvalue weighted by atomic mass is 79.9. The van der Waals surface area contributed by atoms with Gasteiger partial charge in [0.1, 0.15) is 12.2 Å². The van der Waals surface area contributed by atoms with Crippen LogP contribution < -0.4 is 0 Å². The number of Topliss-reactive ketones (excluding diaryl/α,β-unsaturated/α-hetero) is 1. The van der Waals surface area contributed by atoms with Gasteiger partial charge in [0.15, 0.2) is 5.78 Å². The number of carboxylic acid groups (broad SMARTS) is 1. The minimum Gasteiger partial charge on any atom is -0.481 e. The van der Waals surface area contributed by atoms with Crippen LogP contribution in [0.1, 0.15) is 16.8 Å². The highest BCUT2D eigenvalue weighted by Crippen LogP contribution is 2.26. The summed E-state index contributed by atoms with van der Waals surface area (Å²) in [5.74, 6) is -2.78. The lowest BCUT2D eigenvalue weighted by Crippen LogP contribution is -2.09. The highest BCUT2D eigenvalue weighted by molar-refractivity contribution is 9.13. The molecule has 0 unspecified atom stereocenters. The molecule has 15 heavy (non-hydrogen) atoms. The third kappa shape index (κ3) is 3.10. The number of halogens is 3. The van der Waals surface area contributed by atoms with Crippen molar-refractivity contribution in [1.29, 1.82) is 0 Å². The Hall–Kier alpha value is -0.750. The van der Waals surface area contributed by atoms with Crippen molar-refractivity contribution in [3.8, 4) is 0 Å². The lowest BCUT2D eigenvalue weighted by Gasteiger charge is -2.03. The average Bonchev–Trinajstić information content (AvgIpc) is 2.09. The second-order valence-corrected chi connectivity index (χ2v) is 4.45. The Kier molecular flexibility index (Phi) is 3.98. The number of hydrogen-bond acceptors (Lipinski definition) is 2. The fourth-order valence-electron chi connectivity index (χ4n) is 0.969. The van der Waals surface area contributed by atoms with E-state index < -0.39 is 24.0 Å². The summed E-state index contributed by atoms with van der Waals surface area (Å²) in [6.45, 7) is 0. The predicted molar refractivity (Wildman–Crippen MR) is 58.4 cm³/mol. The van der Waals surface area contributed by atoms with Crippen molar-refractivity contribution in [2.75, 3.05) is 0 Å². The molecule has 0 radical (unpaired) electrons. The van der Waals surface area contributed by atoms with Crippen molar-refractivity contribution in [2.45, 2.75) is 6.42 Å². The Morgan fingerprint density at radius 3 is 2.33 bits per heavy atom. The first kappa shape index (κ1) is 12.3. The molecule has 6 heteroatoms. The second-order valence-electron chi connectivity index (χ2n) is 2.74. The van der Waals surface area contributed by atoms with Crippen LogP contribution in [-0.2, 0) is 4.79 Å². The zero-order chi connectivity index (χ0) is 11.6. The molecule has 0 bridgehead atoms. The first-order valence-corrected chi connectivity index (χ1v) is 5.40. The van der Waals surface area contributed by atoms with Gasteiger partial charge in [-0.15, -0.1) is 0 Å². The van der Waals surface area contributed by atoms with E-state index in [0.717, 1.165) is 6.07 Å².